The number of ether oxygens (including phenoxy) is 1. The normalized spacial score (nSPS) is 18.0. The van der Waals surface area contributed by atoms with Crippen LogP contribution in [0.2, 0.25) is 10.0 Å². The highest BCUT2D eigenvalue weighted by atomic mass is 35.5. The summed E-state index contributed by atoms with van der Waals surface area (Å²) in [5.41, 5.74) is 1.36. The van der Waals surface area contributed by atoms with Crippen LogP contribution in [0.4, 0.5) is 5.13 Å². The van der Waals surface area contributed by atoms with Gasteiger partial charge in [0.05, 0.1) is 23.2 Å². The average Bonchev–Trinajstić information content (AvgIpc) is 3.06. The van der Waals surface area contributed by atoms with Gasteiger partial charge in [-0.15, -0.1) is 11.3 Å². The van der Waals surface area contributed by atoms with Gasteiger partial charge in [-0.2, -0.15) is 0 Å². The summed E-state index contributed by atoms with van der Waals surface area (Å²) >= 11 is 13.4. The first-order chi connectivity index (χ1) is 11.1. The third kappa shape index (κ3) is 3.61. The molecule has 1 aromatic carbocycles. The third-order valence-corrected chi connectivity index (χ3v) is 5.21. The minimum absolute atomic E-state index is 0.0869. The van der Waals surface area contributed by atoms with Crippen molar-refractivity contribution in [2.24, 2.45) is 0 Å². The Bertz CT molecular complexity index is 722. The lowest BCUT2D eigenvalue weighted by molar-refractivity contribution is -0.0229. The fourth-order valence-electron chi connectivity index (χ4n) is 2.40. The van der Waals surface area contributed by atoms with Gasteiger partial charge in [0, 0.05) is 19.0 Å². The van der Waals surface area contributed by atoms with E-state index in [4.69, 9.17) is 27.9 Å². The summed E-state index contributed by atoms with van der Waals surface area (Å²) in [5.74, 6) is -0.0869. The fourth-order valence-corrected chi connectivity index (χ4v) is 3.35. The molecule has 1 aliphatic rings. The number of hydrogen-bond donors (Lipinski definition) is 1. The first-order valence-electron chi connectivity index (χ1n) is 7.07. The van der Waals surface area contributed by atoms with Gasteiger partial charge in [-0.3, -0.25) is 4.79 Å². The van der Waals surface area contributed by atoms with Gasteiger partial charge in [0.2, 0.25) is 0 Å². The van der Waals surface area contributed by atoms with Gasteiger partial charge < -0.3 is 15.0 Å². The Morgan fingerprint density at radius 1 is 1.43 bits per heavy atom. The van der Waals surface area contributed by atoms with E-state index in [0.717, 1.165) is 10.7 Å². The van der Waals surface area contributed by atoms with Crippen LogP contribution in [-0.4, -0.2) is 42.5 Å². The summed E-state index contributed by atoms with van der Waals surface area (Å²) in [6, 6.07) is 5.39. The zero-order valence-corrected chi connectivity index (χ0v) is 14.7. The van der Waals surface area contributed by atoms with Crippen LogP contribution in [0.3, 0.4) is 0 Å². The topological polar surface area (TPSA) is 54.5 Å². The SMILES string of the molecule is CNc1nc(C(=O)N2CCO[C@@H](c3ccc(Cl)c(Cl)c3)C2)cs1. The molecule has 1 fully saturated rings. The van der Waals surface area contributed by atoms with E-state index >= 15 is 0 Å². The van der Waals surface area contributed by atoms with Crippen molar-refractivity contribution in [1.29, 1.82) is 0 Å². The van der Waals surface area contributed by atoms with Gasteiger partial charge in [0.1, 0.15) is 11.8 Å². The predicted octanol–water partition coefficient (Wildman–Crippen LogP) is 3.71. The second kappa shape index (κ2) is 7.05. The fraction of sp³-hybridized carbons (Fsp3) is 0.333. The van der Waals surface area contributed by atoms with Crippen molar-refractivity contribution in [3.05, 3.63) is 44.9 Å². The highest BCUT2D eigenvalue weighted by molar-refractivity contribution is 7.13. The molecule has 1 amide bonds. The highest BCUT2D eigenvalue weighted by Gasteiger charge is 2.27. The Morgan fingerprint density at radius 2 is 2.26 bits per heavy atom. The Morgan fingerprint density at radius 3 is 2.96 bits per heavy atom. The van der Waals surface area contributed by atoms with E-state index in [1.54, 1.807) is 29.5 Å². The Balaban J connectivity index is 1.74. The maximum atomic E-state index is 12.6. The van der Waals surface area contributed by atoms with Crippen LogP contribution in [-0.2, 0) is 4.74 Å². The molecule has 0 unspecified atom stereocenters. The van der Waals surface area contributed by atoms with Crippen LogP contribution in [0.1, 0.15) is 22.2 Å². The Hall–Kier alpha value is -1.34. The van der Waals surface area contributed by atoms with E-state index in [9.17, 15) is 4.79 Å². The van der Waals surface area contributed by atoms with Crippen molar-refractivity contribution in [3.63, 3.8) is 0 Å². The van der Waals surface area contributed by atoms with E-state index in [1.165, 1.54) is 11.3 Å². The summed E-state index contributed by atoms with van der Waals surface area (Å²) in [6.07, 6.45) is -0.218. The molecule has 3 rings (SSSR count). The molecule has 122 valence electrons. The summed E-state index contributed by atoms with van der Waals surface area (Å²) < 4.78 is 5.78. The first-order valence-corrected chi connectivity index (χ1v) is 8.71. The number of aromatic nitrogens is 1. The maximum Gasteiger partial charge on any atom is 0.273 e. The van der Waals surface area contributed by atoms with E-state index < -0.39 is 0 Å². The molecule has 0 aliphatic carbocycles. The molecule has 23 heavy (non-hydrogen) atoms. The van der Waals surface area contributed by atoms with Gasteiger partial charge in [-0.1, -0.05) is 29.3 Å². The van der Waals surface area contributed by atoms with E-state index in [0.29, 0.717) is 35.4 Å². The molecule has 1 N–H and O–H groups in total. The van der Waals surface area contributed by atoms with Gasteiger partial charge in [-0.05, 0) is 17.7 Å². The molecule has 1 aromatic heterocycles. The predicted molar refractivity (Wildman–Crippen MR) is 92.7 cm³/mol. The maximum absolute atomic E-state index is 12.6. The van der Waals surface area contributed by atoms with Crippen molar-refractivity contribution in [1.82, 2.24) is 9.88 Å². The second-order valence-electron chi connectivity index (χ2n) is 5.07. The quantitative estimate of drug-likeness (QED) is 0.893. The largest absolute Gasteiger partial charge is 0.370 e. The molecule has 1 atom stereocenters. The summed E-state index contributed by atoms with van der Waals surface area (Å²) in [6.45, 7) is 1.48. The zero-order chi connectivity index (χ0) is 16.4. The molecular formula is C15H15Cl2N3O2S. The Labute approximate surface area is 148 Å². The average molecular weight is 372 g/mol. The molecule has 0 saturated carbocycles. The number of anilines is 1. The number of hydrogen-bond acceptors (Lipinski definition) is 5. The van der Waals surface area contributed by atoms with Crippen LogP contribution < -0.4 is 5.32 Å². The number of nitrogens with zero attached hydrogens (tertiary/aromatic N) is 2. The molecule has 1 saturated heterocycles. The van der Waals surface area contributed by atoms with E-state index in [2.05, 4.69) is 10.3 Å². The second-order valence-corrected chi connectivity index (χ2v) is 6.74. The lowest BCUT2D eigenvalue weighted by Crippen LogP contribution is -2.42. The molecule has 8 heteroatoms. The van der Waals surface area contributed by atoms with Crippen LogP contribution in [0.5, 0.6) is 0 Å². The standard InChI is InChI=1S/C15H15Cl2N3O2S/c1-18-15-19-12(8-23-15)14(21)20-4-5-22-13(7-20)9-2-3-10(16)11(17)6-9/h2-3,6,8,13H,4-5,7H2,1H3,(H,18,19)/t13-/m1/s1. The van der Waals surface area contributed by atoms with Crippen LogP contribution in [0.15, 0.2) is 23.6 Å². The van der Waals surface area contributed by atoms with E-state index in [1.807, 2.05) is 6.07 Å². The number of rotatable bonds is 3. The van der Waals surface area contributed by atoms with Gasteiger partial charge in [-0.25, -0.2) is 4.98 Å². The van der Waals surface area contributed by atoms with Crippen LogP contribution in [0, 0.1) is 0 Å². The molecular weight excluding hydrogens is 357 g/mol. The van der Waals surface area contributed by atoms with Crippen molar-refractivity contribution < 1.29 is 9.53 Å². The number of morpholine rings is 1. The van der Waals surface area contributed by atoms with Gasteiger partial charge in [0.25, 0.3) is 5.91 Å². The summed E-state index contributed by atoms with van der Waals surface area (Å²) in [4.78, 5) is 18.6. The minimum atomic E-state index is -0.218. The molecule has 2 aromatic rings. The summed E-state index contributed by atoms with van der Waals surface area (Å²) in [5, 5.41) is 6.40. The lowest BCUT2D eigenvalue weighted by Gasteiger charge is -2.33. The van der Waals surface area contributed by atoms with E-state index in [-0.39, 0.29) is 12.0 Å². The number of carbonyl (C=O) groups excluding carboxylic acids is 1. The van der Waals surface area contributed by atoms with Crippen molar-refractivity contribution in [3.8, 4) is 0 Å². The number of thiazole rings is 1. The molecule has 2 heterocycles. The molecule has 1 aliphatic heterocycles. The number of carbonyl (C=O) groups is 1. The molecule has 0 radical (unpaired) electrons. The van der Waals surface area contributed by atoms with Crippen LogP contribution >= 0.6 is 34.5 Å². The van der Waals surface area contributed by atoms with Crippen molar-refractivity contribution in [2.45, 2.75) is 6.10 Å². The molecule has 0 bridgehead atoms. The lowest BCUT2D eigenvalue weighted by atomic mass is 10.1. The van der Waals surface area contributed by atoms with Crippen molar-refractivity contribution >= 4 is 45.6 Å². The minimum Gasteiger partial charge on any atom is -0.370 e. The molecule has 5 nitrogen and oxygen atoms in total. The number of amides is 1. The number of nitrogens with one attached hydrogen (secondary N) is 1. The Kier molecular flexibility index (Phi) is 5.06. The highest BCUT2D eigenvalue weighted by Crippen LogP contribution is 2.29. The first kappa shape index (κ1) is 16.5. The van der Waals surface area contributed by atoms with Crippen LogP contribution in [0.25, 0.3) is 0 Å². The van der Waals surface area contributed by atoms with Gasteiger partial charge in [0.15, 0.2) is 5.13 Å². The monoisotopic (exact) mass is 371 g/mol. The third-order valence-electron chi connectivity index (χ3n) is 3.61. The zero-order valence-electron chi connectivity index (χ0n) is 12.4. The molecule has 0 spiro atoms. The van der Waals surface area contributed by atoms with Gasteiger partial charge >= 0.3 is 0 Å². The summed E-state index contributed by atoms with van der Waals surface area (Å²) in [7, 11) is 1.78. The smallest absolute Gasteiger partial charge is 0.273 e. The number of benzene rings is 1. The number of halogens is 2. The van der Waals surface area contributed by atoms with Crippen molar-refractivity contribution in [2.75, 3.05) is 32.1 Å².